The van der Waals surface area contributed by atoms with Crippen LogP contribution in [-0.4, -0.2) is 23.6 Å². The lowest BCUT2D eigenvalue weighted by Crippen LogP contribution is -2.26. The number of thiazole rings is 1. The molecule has 0 spiro atoms. The van der Waals surface area contributed by atoms with E-state index in [-0.39, 0.29) is 12.0 Å². The molecule has 1 aromatic carbocycles. The van der Waals surface area contributed by atoms with Gasteiger partial charge in [-0.05, 0) is 37.5 Å². The lowest BCUT2D eigenvalue weighted by molar-refractivity contribution is -0.124. The number of rotatable bonds is 2. The van der Waals surface area contributed by atoms with Gasteiger partial charge in [0.2, 0.25) is 0 Å². The van der Waals surface area contributed by atoms with Crippen molar-refractivity contribution in [1.29, 1.82) is 0 Å². The molecular weight excluding hydrogens is 248 g/mol. The van der Waals surface area contributed by atoms with Crippen molar-refractivity contribution in [3.8, 4) is 0 Å². The molecule has 3 rings (SSSR count). The normalized spacial score (nSPS) is 19.3. The third-order valence-corrected chi connectivity index (χ3v) is 3.93. The third kappa shape index (κ3) is 2.23. The van der Waals surface area contributed by atoms with Crippen LogP contribution in [0.1, 0.15) is 18.4 Å². The molecule has 0 radical (unpaired) electrons. The Morgan fingerprint density at radius 1 is 1.56 bits per heavy atom. The van der Waals surface area contributed by atoms with Gasteiger partial charge in [-0.1, -0.05) is 17.4 Å². The predicted octanol–water partition coefficient (Wildman–Crippen LogP) is 2.72. The molecule has 1 aromatic heterocycles. The van der Waals surface area contributed by atoms with Gasteiger partial charge in [0, 0.05) is 6.61 Å². The number of hydrogen-bond acceptors (Lipinski definition) is 4. The number of ether oxygens (including phenoxy) is 1. The summed E-state index contributed by atoms with van der Waals surface area (Å²) in [6.45, 7) is 2.72. The molecule has 94 valence electrons. The maximum Gasteiger partial charge on any atom is 0.255 e. The minimum Gasteiger partial charge on any atom is -0.368 e. The number of aromatic nitrogens is 1. The summed E-state index contributed by atoms with van der Waals surface area (Å²) in [5.74, 6) is -0.0803. The minimum absolute atomic E-state index is 0.0803. The van der Waals surface area contributed by atoms with E-state index in [0.29, 0.717) is 11.7 Å². The molecule has 1 amide bonds. The van der Waals surface area contributed by atoms with Crippen molar-refractivity contribution in [2.24, 2.45) is 0 Å². The van der Waals surface area contributed by atoms with Crippen LogP contribution in [0.3, 0.4) is 0 Å². The maximum absolute atomic E-state index is 11.9. The monoisotopic (exact) mass is 262 g/mol. The van der Waals surface area contributed by atoms with Crippen molar-refractivity contribution in [2.75, 3.05) is 11.9 Å². The summed E-state index contributed by atoms with van der Waals surface area (Å²) in [5.41, 5.74) is 2.12. The molecule has 0 bridgehead atoms. The summed E-state index contributed by atoms with van der Waals surface area (Å²) in [5, 5.41) is 3.49. The summed E-state index contributed by atoms with van der Waals surface area (Å²) >= 11 is 1.50. The highest BCUT2D eigenvalue weighted by atomic mass is 32.1. The number of nitrogens with zero attached hydrogens (tertiary/aromatic N) is 1. The number of hydrogen-bond donors (Lipinski definition) is 1. The quantitative estimate of drug-likeness (QED) is 0.905. The van der Waals surface area contributed by atoms with E-state index in [2.05, 4.69) is 16.4 Å². The first-order valence-corrected chi connectivity index (χ1v) is 6.84. The zero-order valence-electron chi connectivity index (χ0n) is 10.1. The molecule has 0 aliphatic carbocycles. The summed E-state index contributed by atoms with van der Waals surface area (Å²) in [7, 11) is 0. The molecule has 1 aliphatic heterocycles. The number of amides is 1. The lowest BCUT2D eigenvalue weighted by atomic mass is 10.2. The van der Waals surface area contributed by atoms with Gasteiger partial charge in [-0.2, -0.15) is 0 Å². The Morgan fingerprint density at radius 2 is 2.44 bits per heavy atom. The first kappa shape index (κ1) is 11.6. The van der Waals surface area contributed by atoms with E-state index in [9.17, 15) is 4.79 Å². The standard InChI is InChI=1S/C13H14N2O2S/c1-8-4-5-9-11(7-8)18-13(14-9)15-12(16)10-3-2-6-17-10/h4-5,7,10H,2-3,6H2,1H3,(H,14,15,16)/t10-/m1/s1. The lowest BCUT2D eigenvalue weighted by Gasteiger charge is -2.07. The summed E-state index contributed by atoms with van der Waals surface area (Å²) in [4.78, 5) is 16.3. The Labute approximate surface area is 109 Å². The second-order valence-corrected chi connectivity index (χ2v) is 5.51. The average molecular weight is 262 g/mol. The SMILES string of the molecule is Cc1ccc2nc(NC(=O)[C@H]3CCCO3)sc2c1. The van der Waals surface area contributed by atoms with Crippen LogP contribution in [0.4, 0.5) is 5.13 Å². The van der Waals surface area contributed by atoms with Gasteiger partial charge < -0.3 is 4.74 Å². The van der Waals surface area contributed by atoms with Crippen molar-refractivity contribution < 1.29 is 9.53 Å². The highest BCUT2D eigenvalue weighted by Gasteiger charge is 2.24. The average Bonchev–Trinajstić information content (AvgIpc) is 2.95. The van der Waals surface area contributed by atoms with Gasteiger partial charge in [0.1, 0.15) is 6.10 Å². The fraction of sp³-hybridized carbons (Fsp3) is 0.385. The number of aryl methyl sites for hydroxylation is 1. The molecular formula is C13H14N2O2S. The van der Waals surface area contributed by atoms with E-state index < -0.39 is 0 Å². The molecule has 1 aliphatic rings. The van der Waals surface area contributed by atoms with Crippen molar-refractivity contribution in [3.63, 3.8) is 0 Å². The zero-order chi connectivity index (χ0) is 12.5. The van der Waals surface area contributed by atoms with E-state index in [1.165, 1.54) is 16.9 Å². The summed E-state index contributed by atoms with van der Waals surface area (Å²) in [6.07, 6.45) is 1.45. The Bertz CT molecular complexity index is 588. The molecule has 1 saturated heterocycles. The number of benzene rings is 1. The molecule has 4 nitrogen and oxygen atoms in total. The fourth-order valence-electron chi connectivity index (χ4n) is 2.06. The Balaban J connectivity index is 1.79. The largest absolute Gasteiger partial charge is 0.368 e. The molecule has 18 heavy (non-hydrogen) atoms. The van der Waals surface area contributed by atoms with Gasteiger partial charge in [-0.3, -0.25) is 10.1 Å². The van der Waals surface area contributed by atoms with Crippen LogP contribution in [0, 0.1) is 6.92 Å². The maximum atomic E-state index is 11.9. The molecule has 0 saturated carbocycles. The van der Waals surface area contributed by atoms with Gasteiger partial charge in [0.25, 0.3) is 5.91 Å². The molecule has 1 atom stereocenters. The Hall–Kier alpha value is -1.46. The van der Waals surface area contributed by atoms with Crippen LogP contribution >= 0.6 is 11.3 Å². The van der Waals surface area contributed by atoms with Crippen molar-refractivity contribution in [1.82, 2.24) is 4.98 Å². The highest BCUT2D eigenvalue weighted by molar-refractivity contribution is 7.22. The van der Waals surface area contributed by atoms with Crippen LogP contribution in [0.5, 0.6) is 0 Å². The van der Waals surface area contributed by atoms with Crippen LogP contribution in [0.25, 0.3) is 10.2 Å². The predicted molar refractivity (Wildman–Crippen MR) is 72.0 cm³/mol. The molecule has 2 aromatic rings. The van der Waals surface area contributed by atoms with Gasteiger partial charge in [0.15, 0.2) is 5.13 Å². The molecule has 1 fully saturated rings. The fourth-order valence-corrected chi connectivity index (χ4v) is 3.02. The zero-order valence-corrected chi connectivity index (χ0v) is 10.9. The highest BCUT2D eigenvalue weighted by Crippen LogP contribution is 2.27. The molecule has 2 heterocycles. The number of carbonyl (C=O) groups excluding carboxylic acids is 1. The molecule has 5 heteroatoms. The number of anilines is 1. The Kier molecular flexibility index (Phi) is 3.01. The smallest absolute Gasteiger partial charge is 0.255 e. The van der Waals surface area contributed by atoms with Crippen molar-refractivity contribution in [2.45, 2.75) is 25.9 Å². The van der Waals surface area contributed by atoms with E-state index in [1.54, 1.807) is 0 Å². The number of fused-ring (bicyclic) bond motifs is 1. The van der Waals surface area contributed by atoms with Crippen LogP contribution in [0.15, 0.2) is 18.2 Å². The van der Waals surface area contributed by atoms with Crippen molar-refractivity contribution >= 4 is 32.6 Å². The van der Waals surface area contributed by atoms with Crippen LogP contribution < -0.4 is 5.32 Å². The van der Waals surface area contributed by atoms with Gasteiger partial charge >= 0.3 is 0 Å². The summed E-state index contributed by atoms with van der Waals surface area (Å²) in [6, 6.07) is 6.07. The first-order chi connectivity index (χ1) is 8.72. The second kappa shape index (κ2) is 4.66. The van der Waals surface area contributed by atoms with Gasteiger partial charge in [-0.25, -0.2) is 4.98 Å². The van der Waals surface area contributed by atoms with Crippen molar-refractivity contribution in [3.05, 3.63) is 23.8 Å². The third-order valence-electron chi connectivity index (χ3n) is 3.00. The molecule has 0 unspecified atom stereocenters. The minimum atomic E-state index is -0.307. The number of carbonyl (C=O) groups is 1. The second-order valence-electron chi connectivity index (χ2n) is 4.48. The topological polar surface area (TPSA) is 51.2 Å². The van der Waals surface area contributed by atoms with E-state index >= 15 is 0 Å². The Morgan fingerprint density at radius 3 is 3.22 bits per heavy atom. The number of nitrogens with one attached hydrogen (secondary N) is 1. The first-order valence-electron chi connectivity index (χ1n) is 6.02. The molecule has 1 N–H and O–H groups in total. The summed E-state index contributed by atoms with van der Waals surface area (Å²) < 4.78 is 6.44. The van der Waals surface area contributed by atoms with Gasteiger partial charge in [0.05, 0.1) is 10.2 Å². The van der Waals surface area contributed by atoms with Crippen LogP contribution in [0.2, 0.25) is 0 Å². The van der Waals surface area contributed by atoms with E-state index in [1.807, 2.05) is 19.1 Å². The van der Waals surface area contributed by atoms with E-state index in [4.69, 9.17) is 4.74 Å². The van der Waals surface area contributed by atoms with Crippen LogP contribution in [-0.2, 0) is 9.53 Å². The van der Waals surface area contributed by atoms with Gasteiger partial charge in [-0.15, -0.1) is 0 Å². The van der Waals surface area contributed by atoms with E-state index in [0.717, 1.165) is 23.1 Å².